The molecule has 1 fully saturated rings. The van der Waals surface area contributed by atoms with Crippen LogP contribution in [-0.2, 0) is 9.53 Å². The summed E-state index contributed by atoms with van der Waals surface area (Å²) in [5.41, 5.74) is 0.900. The van der Waals surface area contributed by atoms with Crippen LogP contribution in [-0.4, -0.2) is 41.5 Å². The Balaban J connectivity index is 2.05. The maximum atomic E-state index is 12.4. The Hall–Kier alpha value is -1.43. The Labute approximate surface area is 122 Å². The molecule has 2 rings (SSSR count). The van der Waals surface area contributed by atoms with Crippen molar-refractivity contribution in [3.63, 3.8) is 0 Å². The minimum atomic E-state index is -0.199. The van der Waals surface area contributed by atoms with Gasteiger partial charge in [0.05, 0.1) is 18.2 Å². The van der Waals surface area contributed by atoms with Gasteiger partial charge in [0.1, 0.15) is 0 Å². The van der Waals surface area contributed by atoms with E-state index in [2.05, 4.69) is 4.98 Å². The molecule has 1 aliphatic heterocycles. The standard InChI is InChI=1S/C14H20N2O3S/c1-4-19-14(18)11-6-5-7-16(8-11)13(17)12-15-9(2)10(3)20-12/h11H,4-8H2,1-3H3. The molecule has 1 atom stereocenters. The predicted octanol–water partition coefficient (Wildman–Crippen LogP) is 2.18. The molecule has 0 spiro atoms. The lowest BCUT2D eigenvalue weighted by molar-refractivity contribution is -0.149. The molecular weight excluding hydrogens is 276 g/mol. The highest BCUT2D eigenvalue weighted by atomic mass is 32.1. The molecule has 1 aliphatic rings. The van der Waals surface area contributed by atoms with Gasteiger partial charge in [0, 0.05) is 18.0 Å². The van der Waals surface area contributed by atoms with E-state index in [-0.39, 0.29) is 17.8 Å². The van der Waals surface area contributed by atoms with E-state index in [0.29, 0.717) is 24.7 Å². The number of rotatable bonds is 3. The number of ether oxygens (including phenoxy) is 1. The zero-order valence-corrected chi connectivity index (χ0v) is 13.0. The van der Waals surface area contributed by atoms with Gasteiger partial charge < -0.3 is 9.64 Å². The van der Waals surface area contributed by atoms with E-state index in [1.54, 1.807) is 11.8 Å². The van der Waals surface area contributed by atoms with Crippen LogP contribution in [0.15, 0.2) is 0 Å². The van der Waals surface area contributed by atoms with Crippen LogP contribution >= 0.6 is 11.3 Å². The van der Waals surface area contributed by atoms with E-state index in [4.69, 9.17) is 4.74 Å². The average molecular weight is 296 g/mol. The van der Waals surface area contributed by atoms with Gasteiger partial charge in [0.25, 0.3) is 5.91 Å². The Morgan fingerprint density at radius 3 is 2.80 bits per heavy atom. The Bertz CT molecular complexity index is 493. The Morgan fingerprint density at radius 1 is 1.45 bits per heavy atom. The van der Waals surface area contributed by atoms with Crippen LogP contribution in [0.1, 0.15) is 40.1 Å². The van der Waals surface area contributed by atoms with Crippen molar-refractivity contribution in [2.24, 2.45) is 5.92 Å². The van der Waals surface area contributed by atoms with Crippen LogP contribution < -0.4 is 0 Å². The highest BCUT2D eigenvalue weighted by Crippen LogP contribution is 2.23. The fourth-order valence-corrected chi connectivity index (χ4v) is 3.20. The normalized spacial score (nSPS) is 18.9. The number of aryl methyl sites for hydroxylation is 2. The third-order valence-electron chi connectivity index (χ3n) is 3.54. The summed E-state index contributed by atoms with van der Waals surface area (Å²) in [5, 5.41) is 0.518. The summed E-state index contributed by atoms with van der Waals surface area (Å²) in [4.78, 5) is 31.3. The topological polar surface area (TPSA) is 59.5 Å². The van der Waals surface area contributed by atoms with Crippen LogP contribution in [0, 0.1) is 19.8 Å². The molecule has 6 heteroatoms. The zero-order valence-electron chi connectivity index (χ0n) is 12.1. The van der Waals surface area contributed by atoms with Gasteiger partial charge in [-0.05, 0) is 33.6 Å². The maximum Gasteiger partial charge on any atom is 0.310 e. The summed E-state index contributed by atoms with van der Waals surface area (Å²) in [6.07, 6.45) is 1.62. The summed E-state index contributed by atoms with van der Waals surface area (Å²) >= 11 is 1.42. The summed E-state index contributed by atoms with van der Waals surface area (Å²) in [6.45, 7) is 7.17. The number of aromatic nitrogens is 1. The van der Waals surface area contributed by atoms with Gasteiger partial charge in [-0.15, -0.1) is 11.3 Å². The Morgan fingerprint density at radius 2 is 2.20 bits per heavy atom. The summed E-state index contributed by atoms with van der Waals surface area (Å²) in [5.74, 6) is -0.466. The van der Waals surface area contributed by atoms with Crippen molar-refractivity contribution in [1.82, 2.24) is 9.88 Å². The largest absolute Gasteiger partial charge is 0.466 e. The number of hydrogen-bond donors (Lipinski definition) is 0. The van der Waals surface area contributed by atoms with Crippen molar-refractivity contribution in [3.8, 4) is 0 Å². The Kier molecular flexibility index (Phi) is 4.75. The molecule has 0 radical (unpaired) electrons. The summed E-state index contributed by atoms with van der Waals surface area (Å²) in [7, 11) is 0. The molecular formula is C14H20N2O3S. The van der Waals surface area contributed by atoms with Crippen LogP contribution in [0.4, 0.5) is 0 Å². The van der Waals surface area contributed by atoms with Gasteiger partial charge in [-0.25, -0.2) is 4.98 Å². The second-order valence-corrected chi connectivity index (χ2v) is 6.21. The summed E-state index contributed by atoms with van der Waals surface area (Å²) in [6, 6.07) is 0. The minimum Gasteiger partial charge on any atom is -0.466 e. The first-order chi connectivity index (χ1) is 9.52. The van der Waals surface area contributed by atoms with Crippen LogP contribution in [0.3, 0.4) is 0 Å². The van der Waals surface area contributed by atoms with Crippen molar-refractivity contribution in [3.05, 3.63) is 15.6 Å². The SMILES string of the molecule is CCOC(=O)C1CCCN(C(=O)c2nc(C)c(C)s2)C1. The lowest BCUT2D eigenvalue weighted by Gasteiger charge is -2.30. The van der Waals surface area contributed by atoms with Gasteiger partial charge in [-0.3, -0.25) is 9.59 Å². The first kappa shape index (κ1) is 15.0. The molecule has 1 saturated heterocycles. The van der Waals surface area contributed by atoms with Gasteiger partial charge in [0.15, 0.2) is 5.01 Å². The van der Waals surface area contributed by atoms with E-state index in [1.165, 1.54) is 11.3 Å². The molecule has 0 aromatic carbocycles. The van der Waals surface area contributed by atoms with Crippen molar-refractivity contribution in [2.45, 2.75) is 33.6 Å². The number of nitrogens with zero attached hydrogens (tertiary/aromatic N) is 2. The highest BCUT2D eigenvalue weighted by molar-refractivity contribution is 7.13. The molecule has 1 amide bonds. The number of hydrogen-bond acceptors (Lipinski definition) is 5. The monoisotopic (exact) mass is 296 g/mol. The fraction of sp³-hybridized carbons (Fsp3) is 0.643. The molecule has 0 saturated carbocycles. The molecule has 0 N–H and O–H groups in total. The van der Waals surface area contributed by atoms with E-state index in [1.807, 2.05) is 13.8 Å². The number of esters is 1. The second-order valence-electron chi connectivity index (χ2n) is 5.00. The van der Waals surface area contributed by atoms with Gasteiger partial charge >= 0.3 is 5.97 Å². The van der Waals surface area contributed by atoms with Crippen LogP contribution in [0.5, 0.6) is 0 Å². The number of piperidine rings is 1. The number of thiazole rings is 1. The fourth-order valence-electron chi connectivity index (χ4n) is 2.31. The number of carbonyl (C=O) groups excluding carboxylic acids is 2. The number of carbonyl (C=O) groups is 2. The second kappa shape index (κ2) is 6.35. The molecule has 1 aromatic heterocycles. The molecule has 0 aliphatic carbocycles. The molecule has 110 valence electrons. The van der Waals surface area contributed by atoms with E-state index in [0.717, 1.165) is 23.4 Å². The molecule has 2 heterocycles. The van der Waals surface area contributed by atoms with Gasteiger partial charge in [-0.1, -0.05) is 0 Å². The smallest absolute Gasteiger partial charge is 0.310 e. The molecule has 5 nitrogen and oxygen atoms in total. The van der Waals surface area contributed by atoms with E-state index in [9.17, 15) is 9.59 Å². The molecule has 20 heavy (non-hydrogen) atoms. The lowest BCUT2D eigenvalue weighted by Crippen LogP contribution is -2.42. The molecule has 1 unspecified atom stereocenters. The molecule has 1 aromatic rings. The first-order valence-corrected chi connectivity index (χ1v) is 7.74. The zero-order chi connectivity index (χ0) is 14.7. The highest BCUT2D eigenvalue weighted by Gasteiger charge is 2.30. The van der Waals surface area contributed by atoms with Gasteiger partial charge in [-0.2, -0.15) is 0 Å². The predicted molar refractivity (Wildman–Crippen MR) is 76.8 cm³/mol. The van der Waals surface area contributed by atoms with Crippen molar-refractivity contribution < 1.29 is 14.3 Å². The third kappa shape index (κ3) is 3.17. The third-order valence-corrected chi connectivity index (χ3v) is 4.60. The lowest BCUT2D eigenvalue weighted by atomic mass is 9.98. The number of amides is 1. The summed E-state index contributed by atoms with van der Waals surface area (Å²) < 4.78 is 5.05. The van der Waals surface area contributed by atoms with Gasteiger partial charge in [0.2, 0.25) is 0 Å². The average Bonchev–Trinajstić information content (AvgIpc) is 2.78. The van der Waals surface area contributed by atoms with Crippen molar-refractivity contribution in [1.29, 1.82) is 0 Å². The van der Waals surface area contributed by atoms with Crippen LogP contribution in [0.25, 0.3) is 0 Å². The van der Waals surface area contributed by atoms with Crippen molar-refractivity contribution >= 4 is 23.2 Å². The first-order valence-electron chi connectivity index (χ1n) is 6.92. The molecule has 0 bridgehead atoms. The quantitative estimate of drug-likeness (QED) is 0.802. The van der Waals surface area contributed by atoms with E-state index >= 15 is 0 Å². The maximum absolute atomic E-state index is 12.4. The van der Waals surface area contributed by atoms with E-state index < -0.39 is 0 Å². The van der Waals surface area contributed by atoms with Crippen LogP contribution in [0.2, 0.25) is 0 Å². The van der Waals surface area contributed by atoms with Crippen molar-refractivity contribution in [2.75, 3.05) is 19.7 Å². The minimum absolute atomic E-state index is 0.0693. The number of likely N-dealkylation sites (tertiary alicyclic amines) is 1.